The predicted octanol–water partition coefficient (Wildman–Crippen LogP) is -1.54. The molecule has 8 N–H and O–H groups in total. The molecule has 2 aliphatic rings. The van der Waals surface area contributed by atoms with Crippen LogP contribution in [0, 0.1) is 0 Å². The SMILES string of the molecule is NCCCCNCc1cnn(C[C@@H]2[C@H](NC(=O)/C(=N\OC3(C(=O)O)CCCC3)c3csc(N)n3)C(=O)N2S(=O)(=O)O)n1. The number of nitrogen functional groups attached to an aromatic ring is 1. The molecule has 230 valence electrons. The van der Waals surface area contributed by atoms with Crippen LogP contribution in [0.15, 0.2) is 16.7 Å². The van der Waals surface area contributed by atoms with Crippen molar-refractivity contribution in [1.29, 1.82) is 0 Å². The van der Waals surface area contributed by atoms with Gasteiger partial charge in [-0.25, -0.2) is 14.1 Å². The molecule has 18 nitrogen and oxygen atoms in total. The Morgan fingerprint density at radius 3 is 2.64 bits per heavy atom. The fourth-order valence-electron chi connectivity index (χ4n) is 4.65. The molecule has 1 aliphatic heterocycles. The van der Waals surface area contributed by atoms with E-state index in [9.17, 15) is 32.5 Å². The van der Waals surface area contributed by atoms with E-state index in [1.807, 2.05) is 0 Å². The summed E-state index contributed by atoms with van der Waals surface area (Å²) in [5, 5.41) is 28.9. The first-order chi connectivity index (χ1) is 19.9. The number of nitrogens with one attached hydrogen (secondary N) is 2. The van der Waals surface area contributed by atoms with Crippen LogP contribution in [-0.4, -0.2) is 96.6 Å². The van der Waals surface area contributed by atoms with Gasteiger partial charge in [-0.15, -0.1) is 11.3 Å². The normalized spacial score (nSPS) is 20.4. The average Bonchev–Trinajstić information content (AvgIpc) is 3.68. The first-order valence-corrected chi connectivity index (χ1v) is 15.3. The molecule has 0 bridgehead atoms. The summed E-state index contributed by atoms with van der Waals surface area (Å²) < 4.78 is 33.8. The van der Waals surface area contributed by atoms with Gasteiger partial charge in [0.15, 0.2) is 10.8 Å². The molecule has 2 atom stereocenters. The first kappa shape index (κ1) is 31.2. The largest absolute Gasteiger partial charge is 0.478 e. The van der Waals surface area contributed by atoms with Crippen LogP contribution in [0.1, 0.15) is 49.9 Å². The summed E-state index contributed by atoms with van der Waals surface area (Å²) in [6, 6.07) is -2.73. The molecule has 0 radical (unpaired) electrons. The Balaban J connectivity index is 1.51. The van der Waals surface area contributed by atoms with E-state index < -0.39 is 51.5 Å². The highest BCUT2D eigenvalue weighted by Crippen LogP contribution is 2.34. The molecule has 1 saturated heterocycles. The fraction of sp³-hybridized carbons (Fsp3) is 0.591. The summed E-state index contributed by atoms with van der Waals surface area (Å²) in [4.78, 5) is 48.6. The van der Waals surface area contributed by atoms with E-state index in [1.54, 1.807) is 0 Å². The van der Waals surface area contributed by atoms with Crippen molar-refractivity contribution in [2.75, 3.05) is 18.8 Å². The van der Waals surface area contributed by atoms with Gasteiger partial charge in [0.2, 0.25) is 5.60 Å². The van der Waals surface area contributed by atoms with Crippen LogP contribution in [0.5, 0.6) is 0 Å². The van der Waals surface area contributed by atoms with Gasteiger partial charge in [0.25, 0.3) is 11.8 Å². The zero-order valence-corrected chi connectivity index (χ0v) is 24.0. The zero-order chi connectivity index (χ0) is 30.5. The molecule has 4 rings (SSSR count). The van der Waals surface area contributed by atoms with Crippen LogP contribution >= 0.6 is 11.3 Å². The second kappa shape index (κ2) is 13.1. The van der Waals surface area contributed by atoms with Gasteiger partial charge in [-0.1, -0.05) is 5.16 Å². The van der Waals surface area contributed by atoms with Crippen LogP contribution < -0.4 is 22.1 Å². The maximum atomic E-state index is 13.4. The number of rotatable bonds is 15. The van der Waals surface area contributed by atoms with Crippen LogP contribution in [-0.2, 0) is 42.6 Å². The van der Waals surface area contributed by atoms with Crippen molar-refractivity contribution < 1.29 is 37.3 Å². The minimum atomic E-state index is -4.98. The number of hydrogen-bond donors (Lipinski definition) is 6. The number of carboxylic acids is 1. The lowest BCUT2D eigenvalue weighted by molar-refractivity contribution is -0.165. The van der Waals surface area contributed by atoms with Gasteiger partial charge >= 0.3 is 16.3 Å². The van der Waals surface area contributed by atoms with Crippen LogP contribution in [0.3, 0.4) is 0 Å². The second-order valence-corrected chi connectivity index (χ2v) is 12.0. The van der Waals surface area contributed by atoms with Crippen LogP contribution in [0.4, 0.5) is 5.13 Å². The van der Waals surface area contributed by atoms with E-state index in [0.29, 0.717) is 38.2 Å². The number of hydrogen-bond acceptors (Lipinski definition) is 14. The van der Waals surface area contributed by atoms with Gasteiger partial charge in [0.05, 0.1) is 18.4 Å². The van der Waals surface area contributed by atoms with Crippen molar-refractivity contribution in [1.82, 2.24) is 34.9 Å². The molecule has 0 unspecified atom stereocenters. The van der Waals surface area contributed by atoms with E-state index in [2.05, 4.69) is 31.0 Å². The molecule has 2 fully saturated rings. The minimum Gasteiger partial charge on any atom is -0.478 e. The lowest BCUT2D eigenvalue weighted by atomic mass is 9.98. The predicted molar refractivity (Wildman–Crippen MR) is 147 cm³/mol. The summed E-state index contributed by atoms with van der Waals surface area (Å²) >= 11 is 0.986. The number of aliphatic carboxylic acids is 1. The molecule has 2 aromatic heterocycles. The number of β-lactam (4-membered cyclic amide) rings is 1. The maximum Gasteiger partial charge on any atom is 0.362 e. The van der Waals surface area contributed by atoms with Gasteiger partial charge in [-0.3, -0.25) is 14.1 Å². The Morgan fingerprint density at radius 1 is 1.29 bits per heavy atom. The molecule has 0 aromatic carbocycles. The molecule has 0 spiro atoms. The lowest BCUT2D eigenvalue weighted by Gasteiger charge is -2.43. The quantitative estimate of drug-likeness (QED) is 0.0429. The molecule has 3 heterocycles. The number of amides is 2. The Bertz CT molecular complexity index is 1440. The molecule has 2 aromatic rings. The summed E-state index contributed by atoms with van der Waals surface area (Å²) in [5.74, 6) is -3.36. The number of nitrogens with zero attached hydrogens (tertiary/aromatic N) is 6. The molecule has 1 saturated carbocycles. The van der Waals surface area contributed by atoms with Crippen LogP contribution in [0.2, 0.25) is 0 Å². The highest BCUT2D eigenvalue weighted by Gasteiger charge is 2.55. The number of nitrogens with two attached hydrogens (primary N) is 2. The highest BCUT2D eigenvalue weighted by molar-refractivity contribution is 7.84. The minimum absolute atomic E-state index is 0.0409. The number of thiazole rings is 1. The van der Waals surface area contributed by atoms with E-state index in [0.717, 1.165) is 29.0 Å². The van der Waals surface area contributed by atoms with Gasteiger partial charge < -0.3 is 32.0 Å². The molecule has 1 aliphatic carbocycles. The Hall–Kier alpha value is -3.72. The van der Waals surface area contributed by atoms with Gasteiger partial charge in [0, 0.05) is 24.8 Å². The Kier molecular flexibility index (Phi) is 9.71. The zero-order valence-electron chi connectivity index (χ0n) is 22.4. The van der Waals surface area contributed by atoms with Gasteiger partial charge in [0.1, 0.15) is 17.8 Å². The maximum absolute atomic E-state index is 13.4. The number of unbranched alkanes of at least 4 members (excludes halogenated alkanes) is 1. The smallest absolute Gasteiger partial charge is 0.362 e. The Labute approximate surface area is 244 Å². The second-order valence-electron chi connectivity index (χ2n) is 9.80. The Morgan fingerprint density at radius 2 is 2.02 bits per heavy atom. The first-order valence-electron chi connectivity index (χ1n) is 13.1. The molecule has 20 heteroatoms. The molecule has 42 heavy (non-hydrogen) atoms. The summed E-state index contributed by atoms with van der Waals surface area (Å²) in [6.07, 6.45) is 4.72. The van der Waals surface area contributed by atoms with E-state index in [4.69, 9.17) is 16.3 Å². The van der Waals surface area contributed by atoms with Gasteiger partial charge in [-0.05, 0) is 38.8 Å². The monoisotopic (exact) mass is 628 g/mol. The van der Waals surface area contributed by atoms with Crippen molar-refractivity contribution >= 4 is 50.3 Å². The van der Waals surface area contributed by atoms with Crippen LogP contribution in [0.25, 0.3) is 0 Å². The number of anilines is 1. The van der Waals surface area contributed by atoms with Crippen molar-refractivity contribution in [2.45, 2.75) is 69.3 Å². The number of carboxylic acid groups (broad SMARTS) is 1. The van der Waals surface area contributed by atoms with E-state index in [-0.39, 0.29) is 34.5 Å². The van der Waals surface area contributed by atoms with E-state index >= 15 is 0 Å². The van der Waals surface area contributed by atoms with Crippen molar-refractivity contribution in [3.05, 3.63) is 23.0 Å². The highest BCUT2D eigenvalue weighted by atomic mass is 32.2. The summed E-state index contributed by atoms with van der Waals surface area (Å²) in [5.41, 5.74) is 9.58. The third-order valence-electron chi connectivity index (χ3n) is 6.84. The third kappa shape index (κ3) is 7.01. The number of carbonyl (C=O) groups excluding carboxylic acids is 2. The van der Waals surface area contributed by atoms with Crippen molar-refractivity contribution in [2.24, 2.45) is 10.9 Å². The fourth-order valence-corrected chi connectivity index (χ4v) is 6.07. The lowest BCUT2D eigenvalue weighted by Crippen LogP contribution is -2.73. The number of carbonyl (C=O) groups is 3. The van der Waals surface area contributed by atoms with Gasteiger partial charge in [-0.2, -0.15) is 23.4 Å². The van der Waals surface area contributed by atoms with Crippen molar-refractivity contribution in [3.63, 3.8) is 0 Å². The topological polar surface area (TPSA) is 270 Å². The van der Waals surface area contributed by atoms with Crippen molar-refractivity contribution in [3.8, 4) is 0 Å². The third-order valence-corrected chi connectivity index (χ3v) is 8.47. The summed E-state index contributed by atoms with van der Waals surface area (Å²) in [7, 11) is -4.98. The average molecular weight is 629 g/mol. The molecule has 2 amide bonds. The number of oxime groups is 1. The summed E-state index contributed by atoms with van der Waals surface area (Å²) in [6.45, 7) is 1.38. The number of aromatic nitrogens is 4. The molecular formula is C22H32N10O8S2. The van der Waals surface area contributed by atoms with E-state index in [1.165, 1.54) is 11.6 Å². The molecular weight excluding hydrogens is 596 g/mol. The standard InChI is InChI=1S/C22H32N10O8S2/c23-7-3-4-8-25-9-13-10-26-31(29-13)11-15-17(19(34)32(15)42(37,38)39)28-18(33)16(14-12-41-21(24)27-14)30-40-22(20(35)36)5-1-2-6-22/h10,12,15,17,25H,1-9,11,23H2,(H2,24,27)(H,28,33)(H,35,36)(H,37,38,39)/b30-16-/t15-,17+/m1/s1.